The lowest BCUT2D eigenvalue weighted by Crippen LogP contribution is -1.86. The van der Waals surface area contributed by atoms with Crippen LogP contribution in [0.4, 0.5) is 0 Å². The van der Waals surface area contributed by atoms with E-state index in [-0.39, 0.29) is 5.75 Å². The van der Waals surface area contributed by atoms with Gasteiger partial charge >= 0.3 is 0 Å². The Hall–Kier alpha value is -3.15. The van der Waals surface area contributed by atoms with E-state index in [0.29, 0.717) is 5.82 Å². The number of fused-ring (bicyclic) bond motifs is 1. The summed E-state index contributed by atoms with van der Waals surface area (Å²) in [6.07, 6.45) is 3.31. The van der Waals surface area contributed by atoms with E-state index in [0.717, 1.165) is 27.5 Å². The Morgan fingerprint density at radius 3 is 2.76 bits per heavy atom. The summed E-state index contributed by atoms with van der Waals surface area (Å²) in [5.74, 6) is 0.718. The van der Waals surface area contributed by atoms with Crippen molar-refractivity contribution in [3.8, 4) is 28.3 Å². The van der Waals surface area contributed by atoms with Crippen LogP contribution in [-0.4, -0.2) is 25.7 Å². The maximum Gasteiger partial charge on any atom is 0.204 e. The number of tetrazole rings is 1. The van der Waals surface area contributed by atoms with Crippen LogP contribution in [0.1, 0.15) is 0 Å². The zero-order chi connectivity index (χ0) is 14.2. The number of aromatic nitrogens is 4. The average Bonchev–Trinajstić information content (AvgIpc) is 3.19. The first-order valence-electron chi connectivity index (χ1n) is 6.34. The average molecular weight is 278 g/mol. The Morgan fingerprint density at radius 1 is 1.05 bits per heavy atom. The predicted octanol–water partition coefficient (Wildman–Crippen LogP) is 2.99. The maximum absolute atomic E-state index is 9.70. The van der Waals surface area contributed by atoms with Crippen LogP contribution in [0.5, 0.6) is 5.75 Å². The molecule has 2 aromatic heterocycles. The standard InChI is InChI=1S/C15H10N4O2/c20-12-1-2-13-10(6-12)5-11(15-16-18-19-17-15)7-14(13)9-3-4-21-8-9/h1-8,20H,(H,16,17,18,19). The molecule has 2 N–H and O–H groups in total. The number of H-pyrrole nitrogens is 1. The van der Waals surface area contributed by atoms with Gasteiger partial charge in [0, 0.05) is 11.1 Å². The van der Waals surface area contributed by atoms with Crippen LogP contribution in [-0.2, 0) is 0 Å². The summed E-state index contributed by atoms with van der Waals surface area (Å²) < 4.78 is 5.17. The van der Waals surface area contributed by atoms with Gasteiger partial charge in [0.25, 0.3) is 0 Å². The van der Waals surface area contributed by atoms with Gasteiger partial charge in [0.05, 0.1) is 12.5 Å². The zero-order valence-electron chi connectivity index (χ0n) is 10.8. The van der Waals surface area contributed by atoms with Gasteiger partial charge in [-0.05, 0) is 51.9 Å². The molecule has 0 bridgehead atoms. The number of phenols is 1. The molecule has 0 aliphatic carbocycles. The minimum Gasteiger partial charge on any atom is -0.508 e. The largest absolute Gasteiger partial charge is 0.508 e. The van der Waals surface area contributed by atoms with Gasteiger partial charge in [0.2, 0.25) is 5.82 Å². The van der Waals surface area contributed by atoms with Gasteiger partial charge in [-0.15, -0.1) is 10.2 Å². The number of hydrogen-bond donors (Lipinski definition) is 2. The smallest absolute Gasteiger partial charge is 0.204 e. The number of furan rings is 1. The summed E-state index contributed by atoms with van der Waals surface area (Å²) in [4.78, 5) is 0. The van der Waals surface area contributed by atoms with E-state index < -0.39 is 0 Å². The predicted molar refractivity (Wildman–Crippen MR) is 76.5 cm³/mol. The number of aromatic amines is 1. The van der Waals surface area contributed by atoms with Crippen molar-refractivity contribution in [2.24, 2.45) is 0 Å². The first-order chi connectivity index (χ1) is 10.3. The van der Waals surface area contributed by atoms with E-state index in [9.17, 15) is 5.11 Å². The molecule has 0 saturated heterocycles. The van der Waals surface area contributed by atoms with Crippen molar-refractivity contribution in [1.29, 1.82) is 0 Å². The van der Waals surface area contributed by atoms with E-state index in [1.165, 1.54) is 0 Å². The van der Waals surface area contributed by atoms with Crippen LogP contribution in [0, 0.1) is 0 Å². The van der Waals surface area contributed by atoms with Gasteiger partial charge in [-0.25, -0.2) is 0 Å². The molecule has 2 aromatic carbocycles. The third-order valence-electron chi connectivity index (χ3n) is 3.37. The number of benzene rings is 2. The molecule has 0 atom stereocenters. The third-order valence-corrected chi connectivity index (χ3v) is 3.37. The van der Waals surface area contributed by atoms with Gasteiger partial charge in [0.1, 0.15) is 5.75 Å². The fourth-order valence-electron chi connectivity index (χ4n) is 2.43. The molecule has 6 heteroatoms. The van der Waals surface area contributed by atoms with Crippen molar-refractivity contribution in [3.05, 3.63) is 48.9 Å². The fraction of sp³-hybridized carbons (Fsp3) is 0. The topological polar surface area (TPSA) is 87.8 Å². The second-order valence-electron chi connectivity index (χ2n) is 4.68. The van der Waals surface area contributed by atoms with Crippen LogP contribution in [0.15, 0.2) is 53.3 Å². The summed E-state index contributed by atoms with van der Waals surface area (Å²) in [6.45, 7) is 0. The fourth-order valence-corrected chi connectivity index (χ4v) is 2.43. The van der Waals surface area contributed by atoms with Crippen molar-refractivity contribution in [2.45, 2.75) is 0 Å². The van der Waals surface area contributed by atoms with Crippen molar-refractivity contribution < 1.29 is 9.52 Å². The van der Waals surface area contributed by atoms with Gasteiger partial charge in [0.15, 0.2) is 0 Å². The summed E-state index contributed by atoms with van der Waals surface area (Å²) >= 11 is 0. The Balaban J connectivity index is 2.06. The zero-order valence-corrected chi connectivity index (χ0v) is 10.8. The number of nitrogens with zero attached hydrogens (tertiary/aromatic N) is 3. The SMILES string of the molecule is Oc1ccc2c(-c3ccoc3)cc(-c3nn[nH]n3)cc2c1. The molecule has 0 radical (unpaired) electrons. The minimum absolute atomic E-state index is 0.214. The lowest BCUT2D eigenvalue weighted by molar-refractivity contribution is 0.476. The molecule has 0 saturated carbocycles. The maximum atomic E-state index is 9.70. The second-order valence-corrected chi connectivity index (χ2v) is 4.68. The van der Waals surface area contributed by atoms with Crippen molar-refractivity contribution in [3.63, 3.8) is 0 Å². The Morgan fingerprint density at radius 2 is 2.00 bits per heavy atom. The Bertz CT molecular complexity index is 899. The number of hydrogen-bond acceptors (Lipinski definition) is 5. The summed E-state index contributed by atoms with van der Waals surface area (Å²) in [5, 5.41) is 25.7. The van der Waals surface area contributed by atoms with Gasteiger partial charge in [-0.1, -0.05) is 6.07 Å². The van der Waals surface area contributed by atoms with Crippen LogP contribution in [0.3, 0.4) is 0 Å². The molecule has 102 valence electrons. The number of rotatable bonds is 2. The number of aromatic hydroxyl groups is 1. The van der Waals surface area contributed by atoms with Crippen LogP contribution in [0.25, 0.3) is 33.3 Å². The highest BCUT2D eigenvalue weighted by molar-refractivity contribution is 6.00. The first kappa shape index (κ1) is 11.7. The van der Waals surface area contributed by atoms with E-state index in [1.807, 2.05) is 24.3 Å². The van der Waals surface area contributed by atoms with Crippen molar-refractivity contribution >= 4 is 10.8 Å². The number of phenolic OH excluding ortho intramolecular Hbond substituents is 1. The summed E-state index contributed by atoms with van der Waals surface area (Å²) in [5.41, 5.74) is 2.76. The van der Waals surface area contributed by atoms with Crippen LogP contribution >= 0.6 is 0 Å². The third kappa shape index (κ3) is 1.93. The van der Waals surface area contributed by atoms with Crippen molar-refractivity contribution in [2.75, 3.05) is 0 Å². The normalized spacial score (nSPS) is 11.0. The highest BCUT2D eigenvalue weighted by atomic mass is 16.3. The monoisotopic (exact) mass is 278 g/mol. The molecular formula is C15H10N4O2. The summed E-state index contributed by atoms with van der Waals surface area (Å²) in [7, 11) is 0. The molecule has 4 rings (SSSR count). The lowest BCUT2D eigenvalue weighted by atomic mass is 9.97. The second kappa shape index (κ2) is 4.45. The minimum atomic E-state index is 0.214. The van der Waals surface area contributed by atoms with Crippen LogP contribution < -0.4 is 0 Å². The lowest BCUT2D eigenvalue weighted by Gasteiger charge is -2.08. The highest BCUT2D eigenvalue weighted by Gasteiger charge is 2.11. The molecule has 0 amide bonds. The van der Waals surface area contributed by atoms with E-state index in [2.05, 4.69) is 20.6 Å². The van der Waals surface area contributed by atoms with Crippen LogP contribution in [0.2, 0.25) is 0 Å². The molecule has 4 aromatic rings. The molecule has 0 unspecified atom stereocenters. The first-order valence-corrected chi connectivity index (χ1v) is 6.34. The Labute approximate surface area is 119 Å². The molecule has 21 heavy (non-hydrogen) atoms. The quantitative estimate of drug-likeness (QED) is 0.588. The van der Waals surface area contributed by atoms with Gasteiger partial charge < -0.3 is 9.52 Å². The van der Waals surface area contributed by atoms with Gasteiger partial charge in [-0.2, -0.15) is 5.21 Å². The number of nitrogens with one attached hydrogen (secondary N) is 1. The highest BCUT2D eigenvalue weighted by Crippen LogP contribution is 2.34. The summed E-state index contributed by atoms with van der Waals surface area (Å²) in [6, 6.07) is 11.1. The molecule has 0 aliphatic rings. The molecule has 0 fully saturated rings. The Kier molecular flexibility index (Phi) is 2.47. The molecular weight excluding hydrogens is 268 g/mol. The van der Waals surface area contributed by atoms with Gasteiger partial charge in [-0.3, -0.25) is 0 Å². The molecule has 0 aliphatic heterocycles. The van der Waals surface area contributed by atoms with Crippen molar-refractivity contribution in [1.82, 2.24) is 20.6 Å². The van der Waals surface area contributed by atoms with E-state index >= 15 is 0 Å². The molecule has 0 spiro atoms. The van der Waals surface area contributed by atoms with E-state index in [1.54, 1.807) is 24.7 Å². The molecule has 6 nitrogen and oxygen atoms in total. The van der Waals surface area contributed by atoms with E-state index in [4.69, 9.17) is 4.42 Å². The molecule has 2 heterocycles.